The van der Waals surface area contributed by atoms with E-state index in [0.717, 1.165) is 39.7 Å². The molecule has 0 amide bonds. The van der Waals surface area contributed by atoms with Gasteiger partial charge in [-0.15, -0.1) is 0 Å². The van der Waals surface area contributed by atoms with E-state index in [2.05, 4.69) is 33.4 Å². The summed E-state index contributed by atoms with van der Waals surface area (Å²) in [6.07, 6.45) is 5.68. The van der Waals surface area contributed by atoms with Crippen LogP contribution in [0.2, 0.25) is 0 Å². The minimum atomic E-state index is -0.148. The smallest absolute Gasteiger partial charge is 0.170 e. The summed E-state index contributed by atoms with van der Waals surface area (Å²) in [6, 6.07) is 21.7. The number of furan rings is 1. The molecule has 0 aliphatic carbocycles. The van der Waals surface area contributed by atoms with Gasteiger partial charge in [-0.1, -0.05) is 36.4 Å². The van der Waals surface area contributed by atoms with Gasteiger partial charge in [0.25, 0.3) is 0 Å². The predicted molar refractivity (Wildman–Crippen MR) is 125 cm³/mol. The van der Waals surface area contributed by atoms with E-state index >= 15 is 0 Å². The first-order valence-corrected chi connectivity index (χ1v) is 10.5. The Hall–Kier alpha value is -4.41. The fourth-order valence-corrected chi connectivity index (χ4v) is 3.82. The van der Waals surface area contributed by atoms with Gasteiger partial charge in [0.1, 0.15) is 18.4 Å². The summed E-state index contributed by atoms with van der Waals surface area (Å²) in [6.45, 7) is 0.362. The van der Waals surface area contributed by atoms with Crippen molar-refractivity contribution in [2.45, 2.75) is 12.5 Å². The summed E-state index contributed by atoms with van der Waals surface area (Å²) >= 11 is 0. The highest BCUT2D eigenvalue weighted by Gasteiger charge is 2.15. The van der Waals surface area contributed by atoms with Crippen LogP contribution < -0.4 is 10.5 Å². The number of fused-ring (bicyclic) bond motifs is 1. The molecule has 3 aromatic heterocycles. The Morgan fingerprint density at radius 1 is 1.09 bits per heavy atom. The Labute approximate surface area is 190 Å². The molecule has 2 aromatic carbocycles. The van der Waals surface area contributed by atoms with E-state index in [4.69, 9.17) is 14.9 Å². The highest BCUT2D eigenvalue weighted by atomic mass is 16.5. The molecule has 5 rings (SSSR count). The lowest BCUT2D eigenvalue weighted by Crippen LogP contribution is -2.30. The summed E-state index contributed by atoms with van der Waals surface area (Å²) < 4.78 is 11.3. The maximum atomic E-state index is 9.37. The van der Waals surface area contributed by atoms with Crippen molar-refractivity contribution in [3.05, 3.63) is 90.6 Å². The van der Waals surface area contributed by atoms with Gasteiger partial charge in [0.15, 0.2) is 5.69 Å². The number of aromatic amines is 1. The number of nitrogens with one attached hydrogen (secondary N) is 1. The number of nitriles is 1. The largest absolute Gasteiger partial charge is 0.490 e. The van der Waals surface area contributed by atoms with E-state index in [-0.39, 0.29) is 6.04 Å². The van der Waals surface area contributed by atoms with Gasteiger partial charge < -0.3 is 14.9 Å². The molecule has 162 valence electrons. The molecule has 0 aliphatic rings. The number of rotatable bonds is 7. The summed E-state index contributed by atoms with van der Waals surface area (Å²) in [7, 11) is 0. The molecule has 0 radical (unpaired) electrons. The molecule has 3 heterocycles. The van der Waals surface area contributed by atoms with Gasteiger partial charge in [-0.3, -0.25) is 10.1 Å². The Balaban J connectivity index is 1.46. The molecule has 0 fully saturated rings. The van der Waals surface area contributed by atoms with Crippen molar-refractivity contribution in [2.24, 2.45) is 5.73 Å². The minimum Gasteiger partial charge on any atom is -0.490 e. The Bertz CT molecular complexity index is 1420. The van der Waals surface area contributed by atoms with E-state index in [1.165, 1.54) is 5.56 Å². The summed E-state index contributed by atoms with van der Waals surface area (Å²) in [5, 5.41) is 17.1. The minimum absolute atomic E-state index is 0.148. The molecule has 0 unspecified atom stereocenters. The molecule has 1 atom stereocenters. The highest BCUT2D eigenvalue weighted by molar-refractivity contribution is 5.91. The van der Waals surface area contributed by atoms with Crippen molar-refractivity contribution < 1.29 is 9.15 Å². The lowest BCUT2D eigenvalue weighted by Gasteiger charge is -2.15. The van der Waals surface area contributed by atoms with Crippen LogP contribution in [0, 0.1) is 11.3 Å². The molecular weight excluding hydrogens is 414 g/mol. The van der Waals surface area contributed by atoms with E-state index < -0.39 is 0 Å². The second-order valence-electron chi connectivity index (χ2n) is 7.78. The molecule has 7 heteroatoms. The van der Waals surface area contributed by atoms with Gasteiger partial charge in [-0.25, -0.2) is 0 Å². The number of ether oxygens (including phenoxy) is 1. The lowest BCUT2D eigenvalue weighted by molar-refractivity contribution is 0.287. The average molecular weight is 435 g/mol. The Morgan fingerprint density at radius 2 is 1.97 bits per heavy atom. The fraction of sp³-hybridized carbons (Fsp3) is 0.115. The maximum Gasteiger partial charge on any atom is 0.170 e. The number of benzene rings is 2. The van der Waals surface area contributed by atoms with Crippen LogP contribution >= 0.6 is 0 Å². The number of nitrogens with two attached hydrogens (primary N) is 1. The second-order valence-corrected chi connectivity index (χ2v) is 7.78. The number of pyridine rings is 1. The Kier molecular flexibility index (Phi) is 5.58. The molecule has 0 saturated heterocycles. The van der Waals surface area contributed by atoms with Crippen molar-refractivity contribution in [3.63, 3.8) is 0 Å². The topological polar surface area (TPSA) is 114 Å². The van der Waals surface area contributed by atoms with Crippen LogP contribution in [0.1, 0.15) is 11.3 Å². The van der Waals surface area contributed by atoms with E-state index in [1.54, 1.807) is 18.7 Å². The molecule has 7 nitrogen and oxygen atoms in total. The van der Waals surface area contributed by atoms with Crippen LogP contribution in [-0.2, 0) is 6.42 Å². The molecule has 3 N–H and O–H groups in total. The van der Waals surface area contributed by atoms with Crippen LogP contribution in [0.25, 0.3) is 33.3 Å². The van der Waals surface area contributed by atoms with Crippen LogP contribution in [0.4, 0.5) is 0 Å². The molecule has 0 saturated carbocycles. The van der Waals surface area contributed by atoms with Gasteiger partial charge in [0, 0.05) is 22.6 Å². The summed E-state index contributed by atoms with van der Waals surface area (Å²) in [5.74, 6) is 0.619. The first-order valence-electron chi connectivity index (χ1n) is 10.5. The summed E-state index contributed by atoms with van der Waals surface area (Å²) in [4.78, 5) is 4.66. The third-order valence-corrected chi connectivity index (χ3v) is 5.44. The molecule has 0 aliphatic heterocycles. The molecule has 0 spiro atoms. The van der Waals surface area contributed by atoms with Crippen molar-refractivity contribution in [3.8, 4) is 34.2 Å². The SMILES string of the molecule is N#Cc1n[nH]c2ccc(-c3cc(OC[C@@H](N)Cc4ccccc4)cnc3-c3ccoc3)cc12. The van der Waals surface area contributed by atoms with E-state index in [1.807, 2.05) is 48.5 Å². The highest BCUT2D eigenvalue weighted by Crippen LogP contribution is 2.35. The van der Waals surface area contributed by atoms with Crippen molar-refractivity contribution in [2.75, 3.05) is 6.61 Å². The lowest BCUT2D eigenvalue weighted by atomic mass is 9.99. The van der Waals surface area contributed by atoms with Gasteiger partial charge in [-0.05, 0) is 41.8 Å². The average Bonchev–Trinajstić information content (AvgIpc) is 3.53. The van der Waals surface area contributed by atoms with Crippen LogP contribution in [0.15, 0.2) is 83.8 Å². The first kappa shape index (κ1) is 20.5. The van der Waals surface area contributed by atoms with Crippen molar-refractivity contribution >= 4 is 10.9 Å². The normalized spacial score (nSPS) is 11.9. The number of hydrogen-bond acceptors (Lipinski definition) is 6. The number of nitrogens with zero attached hydrogens (tertiary/aromatic N) is 3. The Morgan fingerprint density at radius 3 is 2.76 bits per heavy atom. The molecule has 33 heavy (non-hydrogen) atoms. The molecule has 5 aromatic rings. The van der Waals surface area contributed by atoms with Crippen LogP contribution in [0.3, 0.4) is 0 Å². The zero-order valence-electron chi connectivity index (χ0n) is 17.7. The summed E-state index contributed by atoms with van der Waals surface area (Å²) in [5.41, 5.74) is 12.0. The zero-order valence-corrected chi connectivity index (χ0v) is 17.7. The standard InChI is InChI=1S/C26H21N5O2/c27-13-25-23-11-18(6-7-24(23)30-31-25)22-12-21(14-29-26(22)19-8-9-32-15-19)33-16-20(28)10-17-4-2-1-3-5-17/h1-9,11-12,14-15,20H,10,16,28H2,(H,30,31)/t20-/m0/s1. The van der Waals surface area contributed by atoms with E-state index in [0.29, 0.717) is 18.1 Å². The van der Waals surface area contributed by atoms with Crippen LogP contribution in [-0.4, -0.2) is 27.8 Å². The number of H-pyrrole nitrogens is 1. The third-order valence-electron chi connectivity index (χ3n) is 5.44. The first-order chi connectivity index (χ1) is 16.2. The van der Waals surface area contributed by atoms with Gasteiger partial charge in [-0.2, -0.15) is 10.4 Å². The van der Waals surface area contributed by atoms with Gasteiger partial charge >= 0.3 is 0 Å². The fourth-order valence-electron chi connectivity index (χ4n) is 3.82. The third kappa shape index (κ3) is 4.33. The van der Waals surface area contributed by atoms with Gasteiger partial charge in [0.2, 0.25) is 0 Å². The van der Waals surface area contributed by atoms with Crippen LogP contribution in [0.5, 0.6) is 5.75 Å². The predicted octanol–water partition coefficient (Wildman–Crippen LogP) is 4.71. The molecule has 0 bridgehead atoms. The maximum absolute atomic E-state index is 9.37. The van der Waals surface area contributed by atoms with Gasteiger partial charge in [0.05, 0.1) is 29.9 Å². The number of aromatic nitrogens is 3. The quantitative estimate of drug-likeness (QED) is 0.383. The van der Waals surface area contributed by atoms with Crippen molar-refractivity contribution in [1.82, 2.24) is 15.2 Å². The number of hydrogen-bond donors (Lipinski definition) is 2. The van der Waals surface area contributed by atoms with Crippen molar-refractivity contribution in [1.29, 1.82) is 5.26 Å². The monoisotopic (exact) mass is 435 g/mol. The van der Waals surface area contributed by atoms with E-state index in [9.17, 15) is 5.26 Å². The molecular formula is C26H21N5O2. The second kappa shape index (κ2) is 8.99. The zero-order chi connectivity index (χ0) is 22.6.